The molecule has 46 heavy (non-hydrogen) atoms. The minimum absolute atomic E-state index is 0.318. The second-order valence-corrected chi connectivity index (χ2v) is 11.4. The highest BCUT2D eigenvalue weighted by atomic mass is 16.4. The van der Waals surface area contributed by atoms with E-state index in [4.69, 9.17) is 5.11 Å². The molecule has 0 atom stereocenters. The van der Waals surface area contributed by atoms with Crippen LogP contribution in [0.15, 0.2) is 134 Å². The van der Waals surface area contributed by atoms with Gasteiger partial charge in [-0.05, 0) is 89.9 Å². The van der Waals surface area contributed by atoms with E-state index in [-0.39, 0.29) is 0 Å². The van der Waals surface area contributed by atoms with Crippen molar-refractivity contribution in [2.24, 2.45) is 0 Å². The van der Waals surface area contributed by atoms with Crippen LogP contribution < -0.4 is 0 Å². The number of carboxylic acid groups (broad SMARTS) is 1. The molecular formula is C44H66O2. The summed E-state index contributed by atoms with van der Waals surface area (Å²) in [6.45, 7) is 2.16. The van der Waals surface area contributed by atoms with Gasteiger partial charge in [0.2, 0.25) is 0 Å². The molecule has 0 saturated carbocycles. The molecule has 0 aliphatic heterocycles. The first kappa shape index (κ1) is 42.6. The van der Waals surface area contributed by atoms with E-state index in [9.17, 15) is 4.79 Å². The van der Waals surface area contributed by atoms with Gasteiger partial charge < -0.3 is 5.11 Å². The summed E-state index contributed by atoms with van der Waals surface area (Å²) >= 11 is 0. The second kappa shape index (κ2) is 39.6. The minimum Gasteiger partial charge on any atom is -0.481 e. The Labute approximate surface area is 284 Å². The molecule has 0 heterocycles. The fraction of sp³-hybridized carbons (Fsp3) is 0.477. The third-order valence-electron chi connectivity index (χ3n) is 7.05. The number of unbranched alkanes of at least 4 members (excludes halogenated alkanes) is 7. The maximum absolute atomic E-state index is 10.5. The predicted octanol–water partition coefficient (Wildman–Crippen LogP) is 14.0. The van der Waals surface area contributed by atoms with Crippen LogP contribution >= 0.6 is 0 Å². The molecule has 0 aromatic rings. The average molecular weight is 627 g/mol. The maximum atomic E-state index is 10.5. The van der Waals surface area contributed by atoms with Gasteiger partial charge in [0.15, 0.2) is 0 Å². The lowest BCUT2D eigenvalue weighted by Crippen LogP contribution is -1.93. The Kier molecular flexibility index (Phi) is 36.7. The molecular weight excluding hydrogens is 560 g/mol. The summed E-state index contributed by atoms with van der Waals surface area (Å²) in [6.07, 6.45) is 70.1. The lowest BCUT2D eigenvalue weighted by atomic mass is 10.1. The van der Waals surface area contributed by atoms with Crippen LogP contribution in [-0.2, 0) is 4.79 Å². The molecule has 0 aromatic heterocycles. The van der Waals surface area contributed by atoms with Crippen molar-refractivity contribution in [3.8, 4) is 0 Å². The first-order valence-corrected chi connectivity index (χ1v) is 18.1. The predicted molar refractivity (Wildman–Crippen MR) is 206 cm³/mol. The van der Waals surface area contributed by atoms with E-state index < -0.39 is 5.97 Å². The molecule has 0 aliphatic rings. The monoisotopic (exact) mass is 627 g/mol. The molecule has 0 bridgehead atoms. The summed E-state index contributed by atoms with van der Waals surface area (Å²) in [7, 11) is 0. The zero-order chi connectivity index (χ0) is 33.3. The molecule has 0 saturated heterocycles. The van der Waals surface area contributed by atoms with Gasteiger partial charge in [0.1, 0.15) is 0 Å². The lowest BCUT2D eigenvalue weighted by Gasteiger charge is -2.00. The van der Waals surface area contributed by atoms with Crippen LogP contribution in [0.1, 0.15) is 135 Å². The van der Waals surface area contributed by atoms with Crippen molar-refractivity contribution in [2.75, 3.05) is 0 Å². The standard InChI is InChI=1S/C44H66O2/c1-2-3-4-5-6-7-8-9-10-11-12-13-14-15-16-17-18-19-20-21-22-23-24-25-26-27-28-29-30-31-32-33-34-35-36-37-38-39-40-41-42-43-44(45)46/h3-4,6-7,9-10,12-13,15-16,18-19,21-22,24-25,27-28,30-31,33-34H,2,5,8,11,14,17,20,23,26,29,32,35-43H2,1H3,(H,45,46)/b4-3-,7-6-,10-9-,13-12-,16-15-,19-18-,22-21-,25-24-,28-27-,31-30-,34-33-. The topological polar surface area (TPSA) is 37.3 Å². The van der Waals surface area contributed by atoms with E-state index in [2.05, 4.69) is 141 Å². The van der Waals surface area contributed by atoms with Gasteiger partial charge in [0.05, 0.1) is 0 Å². The number of hydrogen-bond acceptors (Lipinski definition) is 1. The van der Waals surface area contributed by atoms with Crippen LogP contribution in [-0.4, -0.2) is 11.1 Å². The summed E-state index contributed by atoms with van der Waals surface area (Å²) in [5.41, 5.74) is 0. The molecule has 0 unspecified atom stereocenters. The summed E-state index contributed by atoms with van der Waals surface area (Å²) in [5, 5.41) is 8.63. The van der Waals surface area contributed by atoms with Gasteiger partial charge in [-0.2, -0.15) is 0 Å². The van der Waals surface area contributed by atoms with Gasteiger partial charge in [-0.25, -0.2) is 0 Å². The zero-order valence-electron chi connectivity index (χ0n) is 29.2. The molecule has 2 nitrogen and oxygen atoms in total. The number of carboxylic acids is 1. The Hall–Kier alpha value is -3.39. The van der Waals surface area contributed by atoms with Gasteiger partial charge in [-0.3, -0.25) is 4.79 Å². The summed E-state index contributed by atoms with van der Waals surface area (Å²) < 4.78 is 0. The van der Waals surface area contributed by atoms with Crippen LogP contribution in [0.4, 0.5) is 0 Å². The zero-order valence-corrected chi connectivity index (χ0v) is 29.2. The largest absolute Gasteiger partial charge is 0.481 e. The van der Waals surface area contributed by atoms with Gasteiger partial charge in [0, 0.05) is 6.42 Å². The van der Waals surface area contributed by atoms with Crippen molar-refractivity contribution in [1.82, 2.24) is 0 Å². The quantitative estimate of drug-likeness (QED) is 0.0614. The number of rotatable bonds is 31. The van der Waals surface area contributed by atoms with Crippen LogP contribution in [0.25, 0.3) is 0 Å². The van der Waals surface area contributed by atoms with Crippen molar-refractivity contribution in [3.05, 3.63) is 134 Å². The molecule has 0 amide bonds. The number of hydrogen-bond donors (Lipinski definition) is 1. The first-order valence-electron chi connectivity index (χ1n) is 18.1. The number of aliphatic carboxylic acids is 1. The Morgan fingerprint density at radius 1 is 0.348 bits per heavy atom. The lowest BCUT2D eigenvalue weighted by molar-refractivity contribution is -0.137. The van der Waals surface area contributed by atoms with Gasteiger partial charge in [0.25, 0.3) is 0 Å². The Morgan fingerprint density at radius 3 is 0.870 bits per heavy atom. The molecule has 254 valence electrons. The molecule has 0 fully saturated rings. The summed E-state index contributed by atoms with van der Waals surface area (Å²) in [4.78, 5) is 10.5. The van der Waals surface area contributed by atoms with E-state index in [1.165, 1.54) is 32.1 Å². The smallest absolute Gasteiger partial charge is 0.303 e. The van der Waals surface area contributed by atoms with Gasteiger partial charge in [-0.15, -0.1) is 0 Å². The van der Waals surface area contributed by atoms with Crippen molar-refractivity contribution in [1.29, 1.82) is 0 Å². The molecule has 0 rings (SSSR count). The van der Waals surface area contributed by atoms with E-state index in [0.29, 0.717) is 6.42 Å². The van der Waals surface area contributed by atoms with Gasteiger partial charge >= 0.3 is 5.97 Å². The second-order valence-electron chi connectivity index (χ2n) is 11.4. The SMILES string of the molecule is CC/C=C\C/C=C\C/C=C\C/C=C\C/C=C\C/C=C\C/C=C\C/C=C\C/C=C\C/C=C\C/C=C\CCCCCCCCCC(=O)O. The van der Waals surface area contributed by atoms with E-state index in [1.54, 1.807) is 0 Å². The summed E-state index contributed by atoms with van der Waals surface area (Å²) in [5.74, 6) is -0.672. The molecule has 0 spiro atoms. The van der Waals surface area contributed by atoms with E-state index >= 15 is 0 Å². The normalized spacial score (nSPS) is 13.4. The Balaban J connectivity index is 3.55. The highest BCUT2D eigenvalue weighted by molar-refractivity contribution is 5.66. The van der Waals surface area contributed by atoms with Crippen LogP contribution in [0, 0.1) is 0 Å². The third-order valence-corrected chi connectivity index (χ3v) is 7.05. The Morgan fingerprint density at radius 2 is 0.587 bits per heavy atom. The molecule has 0 aromatic carbocycles. The van der Waals surface area contributed by atoms with Crippen molar-refractivity contribution in [3.63, 3.8) is 0 Å². The highest BCUT2D eigenvalue weighted by Crippen LogP contribution is 2.10. The van der Waals surface area contributed by atoms with Crippen LogP contribution in [0.5, 0.6) is 0 Å². The van der Waals surface area contributed by atoms with Crippen molar-refractivity contribution < 1.29 is 9.90 Å². The minimum atomic E-state index is -0.672. The van der Waals surface area contributed by atoms with Crippen molar-refractivity contribution >= 4 is 5.97 Å². The molecule has 1 N–H and O–H groups in total. The number of carbonyl (C=O) groups is 1. The first-order chi connectivity index (χ1) is 22.8. The fourth-order valence-electron chi connectivity index (χ4n) is 4.42. The fourth-order valence-corrected chi connectivity index (χ4v) is 4.42. The molecule has 2 heteroatoms. The van der Waals surface area contributed by atoms with Crippen LogP contribution in [0.3, 0.4) is 0 Å². The molecule has 0 radical (unpaired) electrons. The summed E-state index contributed by atoms with van der Waals surface area (Å²) in [6, 6.07) is 0. The third kappa shape index (κ3) is 40.6. The molecule has 0 aliphatic carbocycles. The van der Waals surface area contributed by atoms with Gasteiger partial charge in [-0.1, -0.05) is 173 Å². The Bertz CT molecular complexity index is 991. The maximum Gasteiger partial charge on any atom is 0.303 e. The van der Waals surface area contributed by atoms with E-state index in [1.807, 2.05) is 0 Å². The highest BCUT2D eigenvalue weighted by Gasteiger charge is 1.96. The van der Waals surface area contributed by atoms with Crippen molar-refractivity contribution in [2.45, 2.75) is 135 Å². The number of allylic oxidation sites excluding steroid dienone is 22. The van der Waals surface area contributed by atoms with E-state index in [0.717, 1.165) is 89.9 Å². The average Bonchev–Trinajstić information content (AvgIpc) is 3.05. The van der Waals surface area contributed by atoms with Crippen LogP contribution in [0.2, 0.25) is 0 Å².